The van der Waals surface area contributed by atoms with E-state index in [-0.39, 0.29) is 12.2 Å². The molecule has 3 rings (SSSR count). The molecule has 6 nitrogen and oxygen atoms in total. The van der Waals surface area contributed by atoms with Crippen molar-refractivity contribution >= 4 is 57.2 Å². The van der Waals surface area contributed by atoms with Gasteiger partial charge in [-0.3, -0.25) is 4.79 Å². The third kappa shape index (κ3) is 6.82. The fourth-order valence-corrected chi connectivity index (χ4v) is 3.40. The first-order chi connectivity index (χ1) is 14.9. The van der Waals surface area contributed by atoms with E-state index in [1.54, 1.807) is 66.7 Å². The van der Waals surface area contributed by atoms with Crippen LogP contribution in [0.15, 0.2) is 76.3 Å². The Morgan fingerprint density at radius 3 is 2.61 bits per heavy atom. The van der Waals surface area contributed by atoms with Gasteiger partial charge in [0.15, 0.2) is 6.61 Å². The average molecular weight is 522 g/mol. The van der Waals surface area contributed by atoms with E-state index in [1.807, 2.05) is 0 Å². The van der Waals surface area contributed by atoms with Crippen LogP contribution in [0.5, 0.6) is 11.5 Å². The highest BCUT2D eigenvalue weighted by atomic mass is 79.9. The second-order valence-electron chi connectivity index (χ2n) is 6.10. The monoisotopic (exact) mass is 520 g/mol. The van der Waals surface area contributed by atoms with Crippen LogP contribution in [0, 0.1) is 0 Å². The van der Waals surface area contributed by atoms with E-state index in [1.165, 1.54) is 6.21 Å². The molecule has 31 heavy (non-hydrogen) atoms. The summed E-state index contributed by atoms with van der Waals surface area (Å²) in [6.07, 6.45) is 1.42. The molecule has 0 fully saturated rings. The van der Waals surface area contributed by atoms with Gasteiger partial charge in [-0.05, 0) is 64.0 Å². The van der Waals surface area contributed by atoms with Crippen LogP contribution in [0.25, 0.3) is 0 Å². The smallest absolute Gasteiger partial charge is 0.345 e. The van der Waals surface area contributed by atoms with Crippen molar-refractivity contribution in [1.29, 1.82) is 0 Å². The summed E-state index contributed by atoms with van der Waals surface area (Å²) >= 11 is 15.2. The lowest BCUT2D eigenvalue weighted by Gasteiger charge is -2.07. The van der Waals surface area contributed by atoms with Gasteiger partial charge in [0.1, 0.15) is 11.5 Å². The van der Waals surface area contributed by atoms with Crippen molar-refractivity contribution in [2.75, 3.05) is 6.61 Å². The van der Waals surface area contributed by atoms with Gasteiger partial charge < -0.3 is 9.47 Å². The molecule has 0 aliphatic rings. The van der Waals surface area contributed by atoms with Crippen LogP contribution in [0.3, 0.4) is 0 Å². The third-order valence-corrected chi connectivity index (χ3v) is 5.00. The van der Waals surface area contributed by atoms with Crippen molar-refractivity contribution in [3.63, 3.8) is 0 Å². The number of ether oxygens (including phenoxy) is 2. The number of nitrogens with zero attached hydrogens (tertiary/aromatic N) is 1. The molecule has 3 aromatic rings. The number of benzene rings is 3. The molecule has 0 saturated heterocycles. The fraction of sp³-hybridized carbons (Fsp3) is 0.0455. The first kappa shape index (κ1) is 22.8. The summed E-state index contributed by atoms with van der Waals surface area (Å²) in [6.45, 7) is -0.229. The Morgan fingerprint density at radius 1 is 1.03 bits per heavy atom. The van der Waals surface area contributed by atoms with Gasteiger partial charge >= 0.3 is 5.97 Å². The summed E-state index contributed by atoms with van der Waals surface area (Å²) in [4.78, 5) is 24.2. The Kier molecular flexibility index (Phi) is 8.06. The minimum Gasteiger partial charge on any atom is -0.483 e. The molecule has 0 aromatic heterocycles. The zero-order valence-corrected chi connectivity index (χ0v) is 18.9. The van der Waals surface area contributed by atoms with Crippen molar-refractivity contribution in [3.05, 3.63) is 92.4 Å². The Balaban J connectivity index is 1.53. The predicted molar refractivity (Wildman–Crippen MR) is 123 cm³/mol. The summed E-state index contributed by atoms with van der Waals surface area (Å²) in [5.74, 6) is -0.217. The molecule has 3 aromatic carbocycles. The van der Waals surface area contributed by atoms with E-state index >= 15 is 0 Å². The molecule has 0 aliphatic carbocycles. The SMILES string of the molecule is O=C(COc1ccc(Cl)cc1Br)N/N=C/c1cccc(OC(=O)c2ccccc2Cl)c1. The van der Waals surface area contributed by atoms with Gasteiger partial charge in [0.05, 0.1) is 21.3 Å². The first-order valence-corrected chi connectivity index (χ1v) is 10.4. The highest BCUT2D eigenvalue weighted by molar-refractivity contribution is 9.10. The fourth-order valence-electron chi connectivity index (χ4n) is 2.39. The molecule has 1 N–H and O–H groups in total. The van der Waals surface area contributed by atoms with E-state index in [2.05, 4.69) is 26.5 Å². The second-order valence-corrected chi connectivity index (χ2v) is 7.80. The number of amides is 1. The average Bonchev–Trinajstić information content (AvgIpc) is 2.73. The lowest BCUT2D eigenvalue weighted by molar-refractivity contribution is -0.123. The number of hydrazone groups is 1. The number of hydrogen-bond acceptors (Lipinski definition) is 5. The Labute approximate surface area is 196 Å². The van der Waals surface area contributed by atoms with E-state index < -0.39 is 11.9 Å². The first-order valence-electron chi connectivity index (χ1n) is 8.89. The highest BCUT2D eigenvalue weighted by Gasteiger charge is 2.12. The number of nitrogens with one attached hydrogen (secondary N) is 1. The van der Waals surface area contributed by atoms with Gasteiger partial charge in [-0.25, -0.2) is 10.2 Å². The number of halogens is 3. The van der Waals surface area contributed by atoms with E-state index in [4.69, 9.17) is 32.7 Å². The number of carbonyl (C=O) groups is 2. The van der Waals surface area contributed by atoms with Crippen LogP contribution in [0.4, 0.5) is 0 Å². The number of hydrogen-bond donors (Lipinski definition) is 1. The third-order valence-electron chi connectivity index (χ3n) is 3.82. The molecule has 0 aliphatic heterocycles. The molecule has 0 radical (unpaired) electrons. The molecular weight excluding hydrogens is 507 g/mol. The highest BCUT2D eigenvalue weighted by Crippen LogP contribution is 2.27. The maximum Gasteiger partial charge on any atom is 0.345 e. The standard InChI is InChI=1S/C22H15BrCl2N2O4/c23-18-11-15(24)8-9-20(18)30-13-21(28)27-26-12-14-4-3-5-16(10-14)31-22(29)17-6-1-2-7-19(17)25/h1-12H,13H2,(H,27,28)/b26-12+. The van der Waals surface area contributed by atoms with Crippen LogP contribution in [-0.4, -0.2) is 24.7 Å². The molecule has 0 atom stereocenters. The van der Waals surface area contributed by atoms with Crippen LogP contribution in [0.2, 0.25) is 10.0 Å². The number of rotatable bonds is 7. The van der Waals surface area contributed by atoms with Crippen molar-refractivity contribution in [2.24, 2.45) is 5.10 Å². The normalized spacial score (nSPS) is 10.7. The minimum atomic E-state index is -0.571. The molecule has 0 saturated carbocycles. The van der Waals surface area contributed by atoms with Gasteiger partial charge in [-0.1, -0.05) is 47.5 Å². The summed E-state index contributed by atoms with van der Waals surface area (Å²) in [5, 5.41) is 4.74. The van der Waals surface area contributed by atoms with E-state index in [0.717, 1.165) is 0 Å². The van der Waals surface area contributed by atoms with E-state index in [0.29, 0.717) is 31.6 Å². The largest absolute Gasteiger partial charge is 0.483 e. The van der Waals surface area contributed by atoms with Crippen LogP contribution < -0.4 is 14.9 Å². The lowest BCUT2D eigenvalue weighted by atomic mass is 10.2. The van der Waals surface area contributed by atoms with Crippen LogP contribution >= 0.6 is 39.1 Å². The molecule has 0 unspecified atom stereocenters. The van der Waals surface area contributed by atoms with Gasteiger partial charge in [-0.2, -0.15) is 5.10 Å². The zero-order chi connectivity index (χ0) is 22.2. The van der Waals surface area contributed by atoms with Gasteiger partial charge in [0.2, 0.25) is 0 Å². The number of carbonyl (C=O) groups excluding carboxylic acids is 2. The van der Waals surface area contributed by atoms with Crippen LogP contribution in [-0.2, 0) is 4.79 Å². The Bertz CT molecular complexity index is 1140. The summed E-state index contributed by atoms with van der Waals surface area (Å²) in [6, 6.07) is 18.3. The Morgan fingerprint density at radius 2 is 1.84 bits per heavy atom. The van der Waals surface area contributed by atoms with Gasteiger partial charge in [0.25, 0.3) is 5.91 Å². The molecule has 1 amide bonds. The minimum absolute atomic E-state index is 0.229. The maximum absolute atomic E-state index is 12.3. The Hall–Kier alpha value is -2.87. The molecule has 0 bridgehead atoms. The molecular formula is C22H15BrCl2N2O4. The van der Waals surface area contributed by atoms with Crippen molar-refractivity contribution in [3.8, 4) is 11.5 Å². The van der Waals surface area contributed by atoms with Crippen molar-refractivity contribution in [1.82, 2.24) is 5.43 Å². The van der Waals surface area contributed by atoms with Gasteiger partial charge in [-0.15, -0.1) is 0 Å². The molecule has 0 spiro atoms. The topological polar surface area (TPSA) is 77.0 Å². The van der Waals surface area contributed by atoms with Crippen LogP contribution in [0.1, 0.15) is 15.9 Å². The van der Waals surface area contributed by atoms with Crippen molar-refractivity contribution in [2.45, 2.75) is 0 Å². The summed E-state index contributed by atoms with van der Waals surface area (Å²) < 4.78 is 11.4. The molecule has 0 heterocycles. The van der Waals surface area contributed by atoms with E-state index in [9.17, 15) is 9.59 Å². The zero-order valence-electron chi connectivity index (χ0n) is 15.8. The van der Waals surface area contributed by atoms with Gasteiger partial charge in [0, 0.05) is 5.02 Å². The molecule has 9 heteroatoms. The second kappa shape index (κ2) is 10.9. The molecule has 158 valence electrons. The quantitative estimate of drug-likeness (QED) is 0.192. The van der Waals surface area contributed by atoms with Crippen molar-refractivity contribution < 1.29 is 19.1 Å². The maximum atomic E-state index is 12.3. The summed E-state index contributed by atoms with van der Waals surface area (Å²) in [5.41, 5.74) is 3.25. The predicted octanol–water partition coefficient (Wildman–Crippen LogP) is 5.50. The lowest BCUT2D eigenvalue weighted by Crippen LogP contribution is -2.24. The number of esters is 1. The summed E-state index contributed by atoms with van der Waals surface area (Å²) in [7, 11) is 0.